The Morgan fingerprint density at radius 2 is 1.67 bits per heavy atom. The molecule has 0 bridgehead atoms. The predicted octanol–water partition coefficient (Wildman–Crippen LogP) is 3.42. The summed E-state index contributed by atoms with van der Waals surface area (Å²) in [5, 5.41) is 10.9. The minimum absolute atomic E-state index is 0.295. The molecule has 2 aromatic rings. The van der Waals surface area contributed by atoms with E-state index >= 15 is 0 Å². The van der Waals surface area contributed by atoms with Gasteiger partial charge in [0.25, 0.3) is 0 Å². The highest BCUT2D eigenvalue weighted by atomic mass is 16.3. The van der Waals surface area contributed by atoms with Crippen molar-refractivity contribution in [1.82, 2.24) is 4.90 Å². The van der Waals surface area contributed by atoms with Crippen molar-refractivity contribution in [3.8, 4) is 0 Å². The monoisotopic (exact) mass is 281 g/mol. The molecule has 3 rings (SSSR count). The molecule has 1 N–H and O–H groups in total. The van der Waals surface area contributed by atoms with Gasteiger partial charge in [0.15, 0.2) is 0 Å². The van der Waals surface area contributed by atoms with Gasteiger partial charge >= 0.3 is 0 Å². The summed E-state index contributed by atoms with van der Waals surface area (Å²) in [7, 11) is 0. The third kappa shape index (κ3) is 3.17. The van der Waals surface area contributed by atoms with Crippen LogP contribution in [-0.2, 0) is 12.1 Å². The van der Waals surface area contributed by atoms with Gasteiger partial charge in [-0.2, -0.15) is 0 Å². The molecule has 2 nitrogen and oxygen atoms in total. The average Bonchev–Trinajstić information content (AvgIpc) is 2.98. The molecular weight excluding hydrogens is 258 g/mol. The van der Waals surface area contributed by atoms with E-state index in [0.29, 0.717) is 5.92 Å². The Hall–Kier alpha value is -1.64. The molecule has 2 heteroatoms. The number of aliphatic hydroxyl groups is 1. The summed E-state index contributed by atoms with van der Waals surface area (Å²) < 4.78 is 0. The molecule has 0 unspecified atom stereocenters. The number of rotatable bonds is 4. The molecule has 0 saturated carbocycles. The van der Waals surface area contributed by atoms with Crippen LogP contribution in [0.1, 0.15) is 24.5 Å². The van der Waals surface area contributed by atoms with Crippen LogP contribution >= 0.6 is 0 Å². The molecule has 1 fully saturated rings. The lowest BCUT2D eigenvalue weighted by Gasteiger charge is -2.31. The third-order valence-corrected chi connectivity index (χ3v) is 4.67. The van der Waals surface area contributed by atoms with E-state index in [9.17, 15) is 5.11 Å². The van der Waals surface area contributed by atoms with Gasteiger partial charge in [-0.05, 0) is 31.0 Å². The zero-order chi connectivity index (χ0) is 14.7. The molecule has 0 amide bonds. The molecule has 21 heavy (non-hydrogen) atoms. The predicted molar refractivity (Wildman–Crippen MR) is 85.8 cm³/mol. The number of likely N-dealkylation sites (tertiary alicyclic amines) is 1. The van der Waals surface area contributed by atoms with Crippen molar-refractivity contribution in [2.45, 2.75) is 25.5 Å². The molecule has 0 aromatic heterocycles. The van der Waals surface area contributed by atoms with E-state index in [2.05, 4.69) is 35.2 Å². The maximum atomic E-state index is 10.9. The van der Waals surface area contributed by atoms with Crippen molar-refractivity contribution in [3.05, 3.63) is 71.8 Å². The van der Waals surface area contributed by atoms with Gasteiger partial charge < -0.3 is 5.11 Å². The van der Waals surface area contributed by atoms with E-state index in [1.807, 2.05) is 37.3 Å². The van der Waals surface area contributed by atoms with Crippen molar-refractivity contribution in [1.29, 1.82) is 0 Å². The first kappa shape index (κ1) is 14.3. The average molecular weight is 281 g/mol. The number of hydrogen-bond donors (Lipinski definition) is 1. The molecule has 1 aliphatic rings. The zero-order valence-corrected chi connectivity index (χ0v) is 12.6. The summed E-state index contributed by atoms with van der Waals surface area (Å²) in [4.78, 5) is 2.44. The minimum atomic E-state index is -0.743. The first-order valence-electron chi connectivity index (χ1n) is 7.70. The molecular formula is C19H23NO. The zero-order valence-electron chi connectivity index (χ0n) is 12.6. The normalized spacial score (nSPS) is 22.1. The summed E-state index contributed by atoms with van der Waals surface area (Å²) in [6.45, 7) is 4.94. The van der Waals surface area contributed by atoms with E-state index in [4.69, 9.17) is 0 Å². The first-order chi connectivity index (χ1) is 10.2. The Labute approximate surface area is 127 Å². The van der Waals surface area contributed by atoms with Gasteiger partial charge in [0.2, 0.25) is 0 Å². The molecule has 2 aromatic carbocycles. The van der Waals surface area contributed by atoms with Crippen LogP contribution in [0.4, 0.5) is 0 Å². The fourth-order valence-corrected chi connectivity index (χ4v) is 3.29. The van der Waals surface area contributed by atoms with E-state index in [1.165, 1.54) is 5.56 Å². The smallest absolute Gasteiger partial charge is 0.0909 e. The minimum Gasteiger partial charge on any atom is -0.385 e. The number of hydrogen-bond acceptors (Lipinski definition) is 2. The highest BCUT2D eigenvalue weighted by molar-refractivity contribution is 5.23. The summed E-state index contributed by atoms with van der Waals surface area (Å²) >= 11 is 0. The van der Waals surface area contributed by atoms with Crippen molar-refractivity contribution in [2.75, 3.05) is 13.1 Å². The van der Waals surface area contributed by atoms with Crippen molar-refractivity contribution in [3.63, 3.8) is 0 Å². The number of benzene rings is 2. The van der Waals surface area contributed by atoms with Crippen LogP contribution in [0.3, 0.4) is 0 Å². The Balaban J connectivity index is 1.67. The molecule has 0 radical (unpaired) electrons. The lowest BCUT2D eigenvalue weighted by Crippen LogP contribution is -2.34. The largest absolute Gasteiger partial charge is 0.385 e. The lowest BCUT2D eigenvalue weighted by atomic mass is 9.82. The second kappa shape index (κ2) is 6.00. The molecule has 0 spiro atoms. The highest BCUT2D eigenvalue weighted by Crippen LogP contribution is 2.35. The quantitative estimate of drug-likeness (QED) is 0.928. The van der Waals surface area contributed by atoms with E-state index in [0.717, 1.165) is 31.6 Å². The fourth-order valence-electron chi connectivity index (χ4n) is 3.29. The van der Waals surface area contributed by atoms with E-state index < -0.39 is 5.60 Å². The van der Waals surface area contributed by atoms with Crippen molar-refractivity contribution < 1.29 is 5.11 Å². The van der Waals surface area contributed by atoms with Gasteiger partial charge in [-0.1, -0.05) is 60.7 Å². The van der Waals surface area contributed by atoms with Crippen molar-refractivity contribution in [2.24, 2.45) is 5.92 Å². The fraction of sp³-hybridized carbons (Fsp3) is 0.368. The number of nitrogens with zero attached hydrogens (tertiary/aromatic N) is 1. The van der Waals surface area contributed by atoms with Gasteiger partial charge in [0, 0.05) is 19.0 Å². The molecule has 1 heterocycles. The standard InChI is InChI=1S/C19H23NO/c1-19(21,17-10-6-3-7-11-17)18-12-13-20(15-18)14-16-8-4-2-5-9-16/h2-11,18,21H,12-15H2,1H3/t18-,19+/m0/s1. The second-order valence-corrected chi connectivity index (χ2v) is 6.22. The van der Waals surface area contributed by atoms with Crippen LogP contribution in [-0.4, -0.2) is 23.1 Å². The van der Waals surface area contributed by atoms with Crippen LogP contribution in [0.15, 0.2) is 60.7 Å². The van der Waals surface area contributed by atoms with Crippen molar-refractivity contribution >= 4 is 0 Å². The van der Waals surface area contributed by atoms with E-state index in [-0.39, 0.29) is 0 Å². The highest BCUT2D eigenvalue weighted by Gasteiger charge is 2.38. The maximum absolute atomic E-state index is 10.9. The Morgan fingerprint density at radius 3 is 2.33 bits per heavy atom. The molecule has 0 aliphatic carbocycles. The first-order valence-corrected chi connectivity index (χ1v) is 7.70. The van der Waals surface area contributed by atoms with Gasteiger partial charge in [0.1, 0.15) is 0 Å². The van der Waals surface area contributed by atoms with Crippen LogP contribution < -0.4 is 0 Å². The van der Waals surface area contributed by atoms with Crippen LogP contribution in [0.5, 0.6) is 0 Å². The lowest BCUT2D eigenvalue weighted by molar-refractivity contribution is -0.00231. The van der Waals surface area contributed by atoms with Crippen LogP contribution in [0.2, 0.25) is 0 Å². The topological polar surface area (TPSA) is 23.5 Å². The van der Waals surface area contributed by atoms with Gasteiger partial charge in [-0.3, -0.25) is 4.90 Å². The van der Waals surface area contributed by atoms with Gasteiger partial charge in [0.05, 0.1) is 5.60 Å². The van der Waals surface area contributed by atoms with Crippen LogP contribution in [0.25, 0.3) is 0 Å². The molecule has 110 valence electrons. The third-order valence-electron chi connectivity index (χ3n) is 4.67. The molecule has 1 aliphatic heterocycles. The summed E-state index contributed by atoms with van der Waals surface area (Å²) in [5.41, 5.74) is 1.63. The van der Waals surface area contributed by atoms with E-state index in [1.54, 1.807) is 0 Å². The SMILES string of the molecule is C[C@@](O)(c1ccccc1)[C@H]1CCN(Cc2ccccc2)C1. The summed E-state index contributed by atoms with van der Waals surface area (Å²) in [6, 6.07) is 20.6. The Kier molecular flexibility index (Phi) is 4.09. The summed E-state index contributed by atoms with van der Waals surface area (Å²) in [5.74, 6) is 0.295. The van der Waals surface area contributed by atoms with Crippen LogP contribution in [0, 0.1) is 5.92 Å². The van der Waals surface area contributed by atoms with Gasteiger partial charge in [-0.25, -0.2) is 0 Å². The molecule has 1 saturated heterocycles. The molecule has 2 atom stereocenters. The summed E-state index contributed by atoms with van der Waals surface area (Å²) in [6.07, 6.45) is 1.05. The van der Waals surface area contributed by atoms with Gasteiger partial charge in [-0.15, -0.1) is 0 Å². The Bertz CT molecular complexity index is 565. The second-order valence-electron chi connectivity index (χ2n) is 6.22. The maximum Gasteiger partial charge on any atom is 0.0909 e. The Morgan fingerprint density at radius 1 is 1.05 bits per heavy atom.